The van der Waals surface area contributed by atoms with E-state index in [0.717, 1.165) is 17.3 Å². The molecule has 1 aliphatic carbocycles. The number of hydrogen-bond donors (Lipinski definition) is 0. The van der Waals surface area contributed by atoms with Crippen LogP contribution in [0.3, 0.4) is 0 Å². The van der Waals surface area contributed by atoms with Crippen molar-refractivity contribution in [2.75, 3.05) is 19.1 Å². The van der Waals surface area contributed by atoms with E-state index in [2.05, 4.69) is 54.2 Å². The van der Waals surface area contributed by atoms with E-state index in [0.29, 0.717) is 18.6 Å². The van der Waals surface area contributed by atoms with Crippen LogP contribution in [0.25, 0.3) is 0 Å². The molecule has 1 aromatic heterocycles. The Bertz CT molecular complexity index is 684. The van der Waals surface area contributed by atoms with E-state index in [-0.39, 0.29) is 0 Å². The van der Waals surface area contributed by atoms with Crippen molar-refractivity contribution in [3.63, 3.8) is 0 Å². The van der Waals surface area contributed by atoms with Gasteiger partial charge in [0, 0.05) is 37.9 Å². The standard InChI is InChI=1S/C20H27N3O/c1-14-8-10-16(11-9-14)17-6-5-7-18(17)23(3)20-12-15(2)21-19(22-20)13-24-4/h8-12,17-18H,5-7,13H2,1-4H3/t17-,18-/m0/s1. The lowest BCUT2D eigenvalue weighted by Crippen LogP contribution is -2.34. The summed E-state index contributed by atoms with van der Waals surface area (Å²) in [4.78, 5) is 11.5. The number of methoxy groups -OCH3 is 1. The van der Waals surface area contributed by atoms with Gasteiger partial charge >= 0.3 is 0 Å². The SMILES string of the molecule is COCc1nc(C)cc(N(C)[C@H]2CCC[C@H]2c2ccc(C)cc2)n1. The molecule has 0 bridgehead atoms. The number of benzene rings is 1. The Labute approximate surface area is 144 Å². The van der Waals surface area contributed by atoms with Crippen LogP contribution >= 0.6 is 0 Å². The lowest BCUT2D eigenvalue weighted by Gasteiger charge is -2.31. The minimum absolute atomic E-state index is 0.453. The van der Waals surface area contributed by atoms with Crippen molar-refractivity contribution in [3.05, 3.63) is 53.0 Å². The molecule has 0 saturated heterocycles. The molecule has 0 amide bonds. The summed E-state index contributed by atoms with van der Waals surface area (Å²) in [7, 11) is 3.84. The van der Waals surface area contributed by atoms with E-state index in [1.165, 1.54) is 30.4 Å². The summed E-state index contributed by atoms with van der Waals surface area (Å²) in [5.74, 6) is 2.32. The monoisotopic (exact) mass is 325 g/mol. The second-order valence-corrected chi connectivity index (χ2v) is 6.84. The lowest BCUT2D eigenvalue weighted by molar-refractivity contribution is 0.177. The van der Waals surface area contributed by atoms with Crippen molar-refractivity contribution >= 4 is 5.82 Å². The zero-order valence-electron chi connectivity index (χ0n) is 15.1. The Balaban J connectivity index is 1.85. The van der Waals surface area contributed by atoms with Crippen molar-refractivity contribution in [1.82, 2.24) is 9.97 Å². The zero-order chi connectivity index (χ0) is 17.1. The van der Waals surface area contributed by atoms with Gasteiger partial charge in [0.05, 0.1) is 0 Å². The Hall–Kier alpha value is -1.94. The summed E-state index contributed by atoms with van der Waals surface area (Å²) in [6, 6.07) is 11.6. The molecule has 0 unspecified atom stereocenters. The zero-order valence-corrected chi connectivity index (χ0v) is 15.1. The fraction of sp³-hybridized carbons (Fsp3) is 0.500. The number of likely N-dealkylation sites (N-methyl/N-ethyl adjacent to an activating group) is 1. The van der Waals surface area contributed by atoms with Crippen LogP contribution in [0.4, 0.5) is 5.82 Å². The molecule has 1 heterocycles. The van der Waals surface area contributed by atoms with Crippen LogP contribution in [0.5, 0.6) is 0 Å². The number of nitrogens with zero attached hydrogens (tertiary/aromatic N) is 3. The molecule has 0 N–H and O–H groups in total. The molecule has 1 aromatic carbocycles. The molecule has 3 rings (SSSR count). The molecular formula is C20H27N3O. The summed E-state index contributed by atoms with van der Waals surface area (Å²) in [5.41, 5.74) is 3.75. The maximum absolute atomic E-state index is 5.20. The van der Waals surface area contributed by atoms with Gasteiger partial charge in [0.15, 0.2) is 5.82 Å². The summed E-state index contributed by atoms with van der Waals surface area (Å²) in [5, 5.41) is 0. The largest absolute Gasteiger partial charge is 0.377 e. The molecule has 0 aliphatic heterocycles. The molecule has 24 heavy (non-hydrogen) atoms. The highest BCUT2D eigenvalue weighted by Gasteiger charge is 2.32. The molecule has 1 aliphatic rings. The van der Waals surface area contributed by atoms with E-state index in [1.54, 1.807) is 7.11 Å². The predicted molar refractivity (Wildman–Crippen MR) is 97.4 cm³/mol. The summed E-state index contributed by atoms with van der Waals surface area (Å²) < 4.78 is 5.20. The number of anilines is 1. The van der Waals surface area contributed by atoms with Gasteiger partial charge in [-0.3, -0.25) is 0 Å². The maximum atomic E-state index is 5.20. The van der Waals surface area contributed by atoms with Gasteiger partial charge in [-0.15, -0.1) is 0 Å². The second-order valence-electron chi connectivity index (χ2n) is 6.84. The van der Waals surface area contributed by atoms with Gasteiger partial charge in [0.2, 0.25) is 0 Å². The fourth-order valence-corrected chi connectivity index (χ4v) is 3.76. The first-order valence-electron chi connectivity index (χ1n) is 8.71. The first kappa shape index (κ1) is 16.9. The Kier molecular flexibility index (Phi) is 5.14. The average Bonchev–Trinajstić information content (AvgIpc) is 3.04. The number of aryl methyl sites for hydroxylation is 2. The number of rotatable bonds is 5. The molecule has 4 nitrogen and oxygen atoms in total. The molecule has 0 spiro atoms. The minimum Gasteiger partial charge on any atom is -0.377 e. The smallest absolute Gasteiger partial charge is 0.156 e. The number of aromatic nitrogens is 2. The Morgan fingerprint density at radius 1 is 1.12 bits per heavy atom. The third kappa shape index (κ3) is 3.59. The first-order valence-corrected chi connectivity index (χ1v) is 8.71. The molecule has 128 valence electrons. The third-order valence-electron chi connectivity index (χ3n) is 5.00. The quantitative estimate of drug-likeness (QED) is 0.832. The average molecular weight is 325 g/mol. The van der Waals surface area contributed by atoms with Crippen molar-refractivity contribution in [2.45, 2.75) is 51.7 Å². The second kappa shape index (κ2) is 7.31. The Morgan fingerprint density at radius 3 is 2.58 bits per heavy atom. The van der Waals surface area contributed by atoms with E-state index in [9.17, 15) is 0 Å². The third-order valence-corrected chi connectivity index (χ3v) is 5.00. The highest BCUT2D eigenvalue weighted by atomic mass is 16.5. The van der Waals surface area contributed by atoms with Crippen molar-refractivity contribution < 1.29 is 4.74 Å². The van der Waals surface area contributed by atoms with Crippen LogP contribution in [-0.2, 0) is 11.3 Å². The normalized spacial score (nSPS) is 20.3. The fourth-order valence-electron chi connectivity index (χ4n) is 3.76. The number of ether oxygens (including phenoxy) is 1. The molecule has 2 aromatic rings. The van der Waals surface area contributed by atoms with Gasteiger partial charge in [-0.25, -0.2) is 9.97 Å². The van der Waals surface area contributed by atoms with Crippen molar-refractivity contribution in [2.24, 2.45) is 0 Å². The Morgan fingerprint density at radius 2 is 1.88 bits per heavy atom. The van der Waals surface area contributed by atoms with Gasteiger partial charge in [0.1, 0.15) is 12.4 Å². The number of hydrogen-bond acceptors (Lipinski definition) is 4. The van der Waals surface area contributed by atoms with Crippen LogP contribution in [0.15, 0.2) is 30.3 Å². The molecule has 2 atom stereocenters. The predicted octanol–water partition coefficient (Wildman–Crippen LogP) is 4.01. The first-order chi connectivity index (χ1) is 11.6. The molecule has 1 saturated carbocycles. The van der Waals surface area contributed by atoms with Gasteiger partial charge in [0.25, 0.3) is 0 Å². The van der Waals surface area contributed by atoms with E-state index in [4.69, 9.17) is 9.72 Å². The van der Waals surface area contributed by atoms with Gasteiger partial charge < -0.3 is 9.64 Å². The van der Waals surface area contributed by atoms with Gasteiger partial charge in [-0.1, -0.05) is 36.2 Å². The van der Waals surface area contributed by atoms with Gasteiger partial charge in [-0.2, -0.15) is 0 Å². The summed E-state index contributed by atoms with van der Waals surface area (Å²) in [6.45, 7) is 4.61. The van der Waals surface area contributed by atoms with Crippen molar-refractivity contribution in [1.29, 1.82) is 0 Å². The van der Waals surface area contributed by atoms with Crippen LogP contribution in [0.2, 0.25) is 0 Å². The van der Waals surface area contributed by atoms with E-state index < -0.39 is 0 Å². The molecule has 0 radical (unpaired) electrons. The summed E-state index contributed by atoms with van der Waals surface area (Å²) in [6.07, 6.45) is 3.72. The van der Waals surface area contributed by atoms with Crippen LogP contribution in [0.1, 0.15) is 47.8 Å². The highest BCUT2D eigenvalue weighted by molar-refractivity contribution is 5.42. The topological polar surface area (TPSA) is 38.2 Å². The molecular weight excluding hydrogens is 298 g/mol. The molecule has 4 heteroatoms. The summed E-state index contributed by atoms with van der Waals surface area (Å²) >= 11 is 0. The van der Waals surface area contributed by atoms with E-state index >= 15 is 0 Å². The van der Waals surface area contributed by atoms with Crippen LogP contribution in [-0.4, -0.2) is 30.2 Å². The van der Waals surface area contributed by atoms with Crippen LogP contribution < -0.4 is 4.90 Å². The van der Waals surface area contributed by atoms with Crippen LogP contribution in [0, 0.1) is 13.8 Å². The maximum Gasteiger partial charge on any atom is 0.156 e. The van der Waals surface area contributed by atoms with Gasteiger partial charge in [-0.05, 0) is 32.3 Å². The lowest BCUT2D eigenvalue weighted by atomic mass is 9.92. The molecule has 1 fully saturated rings. The minimum atomic E-state index is 0.453. The van der Waals surface area contributed by atoms with Crippen molar-refractivity contribution in [3.8, 4) is 0 Å². The highest BCUT2D eigenvalue weighted by Crippen LogP contribution is 2.38. The van der Waals surface area contributed by atoms with E-state index in [1.807, 2.05) is 6.92 Å².